The minimum atomic E-state index is 0.584. The van der Waals surface area contributed by atoms with E-state index in [1.54, 1.807) is 26.5 Å². The molecule has 100 valence electrons. The molecule has 5 heteroatoms. The molecule has 1 aromatic heterocycles. The molecule has 0 spiro atoms. The second-order valence-corrected chi connectivity index (χ2v) is 5.10. The van der Waals surface area contributed by atoms with Crippen molar-refractivity contribution < 1.29 is 9.47 Å². The fraction of sp³-hybridized carbons (Fsp3) is 0.214. The lowest BCUT2D eigenvalue weighted by Crippen LogP contribution is -2.05. The van der Waals surface area contributed by atoms with Crippen molar-refractivity contribution in [3.8, 4) is 11.5 Å². The van der Waals surface area contributed by atoms with Gasteiger partial charge in [-0.05, 0) is 46.9 Å². The number of hydrogen-bond acceptors (Lipinski definition) is 4. The van der Waals surface area contributed by atoms with E-state index < -0.39 is 0 Å². The number of nitrogens with zero attached hydrogens (tertiary/aromatic N) is 1. The third-order valence-corrected chi connectivity index (χ3v) is 3.39. The molecule has 1 N–H and O–H groups in total. The van der Waals surface area contributed by atoms with Crippen LogP contribution >= 0.6 is 22.6 Å². The van der Waals surface area contributed by atoms with E-state index in [4.69, 9.17) is 9.47 Å². The molecule has 2 aromatic rings. The smallest absolute Gasteiger partial charge is 0.184 e. The van der Waals surface area contributed by atoms with E-state index in [2.05, 4.69) is 45.0 Å². The van der Waals surface area contributed by atoms with Crippen molar-refractivity contribution in [2.75, 3.05) is 19.5 Å². The third kappa shape index (κ3) is 3.50. The molecule has 0 amide bonds. The lowest BCUT2D eigenvalue weighted by Gasteiger charge is -2.12. The highest BCUT2D eigenvalue weighted by molar-refractivity contribution is 14.1. The van der Waals surface area contributed by atoms with E-state index in [1.807, 2.05) is 12.1 Å². The van der Waals surface area contributed by atoms with Gasteiger partial charge in [0.1, 0.15) is 5.69 Å². The Morgan fingerprint density at radius 2 is 1.84 bits per heavy atom. The summed E-state index contributed by atoms with van der Waals surface area (Å²) in [6.45, 7) is 0.584. The summed E-state index contributed by atoms with van der Waals surface area (Å²) in [6.07, 6.45) is 1.71. The van der Waals surface area contributed by atoms with Crippen molar-refractivity contribution >= 4 is 28.3 Å². The Morgan fingerprint density at radius 1 is 1.11 bits per heavy atom. The SMILES string of the molecule is COc1ccnc(CNc2ccc(I)cc2)c1OC. The number of rotatable bonds is 5. The molecule has 0 aliphatic heterocycles. The first-order valence-corrected chi connectivity index (χ1v) is 6.87. The Kier molecular flexibility index (Phi) is 4.84. The molecule has 0 saturated carbocycles. The molecular weight excluding hydrogens is 355 g/mol. The van der Waals surface area contributed by atoms with Crippen LogP contribution in [0.25, 0.3) is 0 Å². The van der Waals surface area contributed by atoms with Gasteiger partial charge in [0, 0.05) is 21.5 Å². The number of aromatic nitrogens is 1. The molecule has 0 unspecified atom stereocenters. The third-order valence-electron chi connectivity index (χ3n) is 2.67. The van der Waals surface area contributed by atoms with E-state index in [0.717, 1.165) is 11.4 Å². The first-order valence-electron chi connectivity index (χ1n) is 5.80. The summed E-state index contributed by atoms with van der Waals surface area (Å²) >= 11 is 2.28. The average molecular weight is 370 g/mol. The second kappa shape index (κ2) is 6.60. The summed E-state index contributed by atoms with van der Waals surface area (Å²) in [5.41, 5.74) is 1.87. The van der Waals surface area contributed by atoms with Crippen molar-refractivity contribution in [1.82, 2.24) is 4.98 Å². The average Bonchev–Trinajstić information content (AvgIpc) is 2.46. The summed E-state index contributed by atoms with van der Waals surface area (Å²) in [7, 11) is 3.24. The topological polar surface area (TPSA) is 43.4 Å². The zero-order valence-corrected chi connectivity index (χ0v) is 13.0. The van der Waals surface area contributed by atoms with Gasteiger partial charge in [-0.3, -0.25) is 4.98 Å². The Labute approximate surface area is 126 Å². The van der Waals surface area contributed by atoms with Gasteiger partial charge >= 0.3 is 0 Å². The molecule has 2 rings (SSSR count). The molecule has 1 aromatic carbocycles. The monoisotopic (exact) mass is 370 g/mol. The minimum absolute atomic E-state index is 0.584. The minimum Gasteiger partial charge on any atom is -0.493 e. The summed E-state index contributed by atoms with van der Waals surface area (Å²) in [5, 5.41) is 3.31. The van der Waals surface area contributed by atoms with E-state index in [-0.39, 0.29) is 0 Å². The first kappa shape index (κ1) is 13.9. The van der Waals surface area contributed by atoms with Gasteiger partial charge in [-0.25, -0.2) is 0 Å². The highest BCUT2D eigenvalue weighted by atomic mass is 127. The number of halogens is 1. The van der Waals surface area contributed by atoms with Crippen molar-refractivity contribution in [3.05, 3.63) is 45.8 Å². The lowest BCUT2D eigenvalue weighted by molar-refractivity contribution is 0.350. The lowest BCUT2D eigenvalue weighted by atomic mass is 10.2. The number of nitrogens with one attached hydrogen (secondary N) is 1. The van der Waals surface area contributed by atoms with Crippen LogP contribution in [0.15, 0.2) is 36.5 Å². The molecule has 0 fully saturated rings. The first-order chi connectivity index (χ1) is 9.24. The van der Waals surface area contributed by atoms with Crippen LogP contribution < -0.4 is 14.8 Å². The summed E-state index contributed by atoms with van der Waals surface area (Å²) in [5.74, 6) is 1.36. The predicted molar refractivity (Wildman–Crippen MR) is 83.8 cm³/mol. The van der Waals surface area contributed by atoms with Crippen LogP contribution in [-0.2, 0) is 6.54 Å². The fourth-order valence-corrected chi connectivity index (χ4v) is 2.09. The van der Waals surface area contributed by atoms with E-state index in [0.29, 0.717) is 18.0 Å². The summed E-state index contributed by atoms with van der Waals surface area (Å²) in [4.78, 5) is 4.32. The van der Waals surface area contributed by atoms with Gasteiger partial charge in [-0.2, -0.15) is 0 Å². The van der Waals surface area contributed by atoms with Crippen molar-refractivity contribution in [2.24, 2.45) is 0 Å². The second-order valence-electron chi connectivity index (χ2n) is 3.85. The van der Waals surface area contributed by atoms with E-state index in [1.165, 1.54) is 3.57 Å². The van der Waals surface area contributed by atoms with Gasteiger partial charge < -0.3 is 14.8 Å². The van der Waals surface area contributed by atoms with Crippen molar-refractivity contribution in [2.45, 2.75) is 6.54 Å². The van der Waals surface area contributed by atoms with Crippen LogP contribution in [0.4, 0.5) is 5.69 Å². The van der Waals surface area contributed by atoms with Gasteiger partial charge in [0.05, 0.1) is 20.8 Å². The number of anilines is 1. The fourth-order valence-electron chi connectivity index (χ4n) is 1.73. The summed E-state index contributed by atoms with van der Waals surface area (Å²) in [6, 6.07) is 9.97. The van der Waals surface area contributed by atoms with Crippen LogP contribution in [0.1, 0.15) is 5.69 Å². The molecule has 19 heavy (non-hydrogen) atoms. The quantitative estimate of drug-likeness (QED) is 0.821. The Balaban J connectivity index is 2.13. The molecule has 0 bridgehead atoms. The standard InChI is InChI=1S/C14H15IN2O2/c1-18-13-7-8-16-12(14(13)19-2)9-17-11-5-3-10(15)4-6-11/h3-8,17H,9H2,1-2H3. The van der Waals surface area contributed by atoms with Crippen LogP contribution in [0.3, 0.4) is 0 Å². The number of methoxy groups -OCH3 is 2. The van der Waals surface area contributed by atoms with Crippen LogP contribution in [0, 0.1) is 3.57 Å². The summed E-state index contributed by atoms with van der Waals surface area (Å²) < 4.78 is 11.8. The molecular formula is C14H15IN2O2. The number of ether oxygens (including phenoxy) is 2. The molecule has 0 aliphatic rings. The Bertz CT molecular complexity index is 544. The van der Waals surface area contributed by atoms with E-state index in [9.17, 15) is 0 Å². The van der Waals surface area contributed by atoms with Gasteiger partial charge in [0.25, 0.3) is 0 Å². The van der Waals surface area contributed by atoms with Gasteiger partial charge in [0.15, 0.2) is 11.5 Å². The highest BCUT2D eigenvalue weighted by Crippen LogP contribution is 2.29. The largest absolute Gasteiger partial charge is 0.493 e. The number of benzene rings is 1. The molecule has 0 atom stereocenters. The van der Waals surface area contributed by atoms with Gasteiger partial charge in [-0.1, -0.05) is 0 Å². The Hall–Kier alpha value is -1.50. The molecule has 1 heterocycles. The maximum Gasteiger partial charge on any atom is 0.184 e. The molecule has 0 aliphatic carbocycles. The maximum atomic E-state index is 5.35. The normalized spacial score (nSPS) is 10.1. The van der Waals surface area contributed by atoms with E-state index >= 15 is 0 Å². The number of pyridine rings is 1. The predicted octanol–water partition coefficient (Wildman–Crippen LogP) is 3.32. The van der Waals surface area contributed by atoms with Crippen molar-refractivity contribution in [1.29, 1.82) is 0 Å². The maximum absolute atomic E-state index is 5.35. The van der Waals surface area contributed by atoms with Crippen LogP contribution in [0.5, 0.6) is 11.5 Å². The van der Waals surface area contributed by atoms with Crippen molar-refractivity contribution in [3.63, 3.8) is 0 Å². The molecule has 4 nitrogen and oxygen atoms in total. The van der Waals surface area contributed by atoms with Crippen LogP contribution in [-0.4, -0.2) is 19.2 Å². The van der Waals surface area contributed by atoms with Crippen LogP contribution in [0.2, 0.25) is 0 Å². The Morgan fingerprint density at radius 3 is 2.47 bits per heavy atom. The zero-order chi connectivity index (χ0) is 13.7. The van der Waals surface area contributed by atoms with Gasteiger partial charge in [0.2, 0.25) is 0 Å². The zero-order valence-electron chi connectivity index (χ0n) is 10.8. The molecule has 0 radical (unpaired) electrons. The highest BCUT2D eigenvalue weighted by Gasteiger charge is 2.10. The number of hydrogen-bond donors (Lipinski definition) is 1. The van der Waals surface area contributed by atoms with Gasteiger partial charge in [-0.15, -0.1) is 0 Å². The molecule has 0 saturated heterocycles.